The van der Waals surface area contributed by atoms with E-state index in [1.807, 2.05) is 85.5 Å². The fourth-order valence-electron chi connectivity index (χ4n) is 4.85. The van der Waals surface area contributed by atoms with Crippen LogP contribution in [0.4, 0.5) is 0 Å². The first kappa shape index (κ1) is 26.3. The van der Waals surface area contributed by atoms with Crippen LogP contribution in [0, 0.1) is 19.8 Å². The van der Waals surface area contributed by atoms with Crippen molar-refractivity contribution in [2.24, 2.45) is 11.7 Å². The third-order valence-electron chi connectivity index (χ3n) is 6.95. The highest BCUT2D eigenvalue weighted by atomic mass is 16.2. The summed E-state index contributed by atoms with van der Waals surface area (Å²) in [6.45, 7) is 9.15. The minimum absolute atomic E-state index is 0.0147. The Labute approximate surface area is 218 Å². The molecule has 0 saturated heterocycles. The van der Waals surface area contributed by atoms with Crippen LogP contribution in [0.25, 0.3) is 5.65 Å². The molecule has 6 heteroatoms. The molecule has 0 fully saturated rings. The quantitative estimate of drug-likeness (QED) is 0.350. The van der Waals surface area contributed by atoms with Gasteiger partial charge in [-0.3, -0.25) is 14.0 Å². The monoisotopic (exact) mass is 496 g/mol. The average Bonchev–Trinajstić information content (AvgIpc) is 2.90. The summed E-state index contributed by atoms with van der Waals surface area (Å²) in [5, 5.41) is 0. The summed E-state index contributed by atoms with van der Waals surface area (Å²) in [6, 6.07) is 20.9. The summed E-state index contributed by atoms with van der Waals surface area (Å²) >= 11 is 0. The minimum atomic E-state index is -0.391. The average molecular weight is 497 g/mol. The number of aromatic nitrogens is 2. The topological polar surface area (TPSA) is 80.7 Å². The van der Waals surface area contributed by atoms with Gasteiger partial charge in [-0.25, -0.2) is 4.98 Å². The highest BCUT2D eigenvalue weighted by molar-refractivity contribution is 5.94. The molecule has 0 bridgehead atoms. The van der Waals surface area contributed by atoms with Crippen LogP contribution < -0.4 is 11.3 Å². The zero-order valence-electron chi connectivity index (χ0n) is 22.1. The van der Waals surface area contributed by atoms with Crippen molar-refractivity contribution >= 4 is 11.6 Å². The van der Waals surface area contributed by atoms with Crippen molar-refractivity contribution in [2.45, 2.75) is 46.6 Å². The van der Waals surface area contributed by atoms with Gasteiger partial charge in [0.1, 0.15) is 5.65 Å². The number of aryl methyl sites for hydroxylation is 2. The van der Waals surface area contributed by atoms with Gasteiger partial charge in [0.25, 0.3) is 11.5 Å². The molecule has 37 heavy (non-hydrogen) atoms. The lowest BCUT2D eigenvalue weighted by atomic mass is 9.92. The second kappa shape index (κ2) is 11.5. The SMILES string of the molecule is Cc1ccc(C(=O)N(CCCN)C(c2nc3ccccn3c(=O)c2Cc2ccccc2)C(C)C)cc1C. The number of pyridine rings is 1. The molecular formula is C31H36N4O2. The van der Waals surface area contributed by atoms with Gasteiger partial charge in [-0.15, -0.1) is 0 Å². The van der Waals surface area contributed by atoms with Gasteiger partial charge in [0, 0.05) is 30.3 Å². The first-order valence-corrected chi connectivity index (χ1v) is 12.9. The molecule has 2 aromatic heterocycles. The Morgan fingerprint density at radius 3 is 2.41 bits per heavy atom. The summed E-state index contributed by atoms with van der Waals surface area (Å²) < 4.78 is 1.59. The van der Waals surface area contributed by atoms with Crippen molar-refractivity contribution in [1.29, 1.82) is 0 Å². The number of benzene rings is 2. The maximum absolute atomic E-state index is 14.0. The van der Waals surface area contributed by atoms with Crippen molar-refractivity contribution in [2.75, 3.05) is 13.1 Å². The molecule has 2 aromatic carbocycles. The number of fused-ring (bicyclic) bond motifs is 1. The minimum Gasteiger partial charge on any atom is -0.330 e. The summed E-state index contributed by atoms with van der Waals surface area (Å²) in [7, 11) is 0. The molecule has 2 N–H and O–H groups in total. The van der Waals surface area contributed by atoms with Gasteiger partial charge in [-0.2, -0.15) is 0 Å². The molecule has 0 aliphatic heterocycles. The summed E-state index contributed by atoms with van der Waals surface area (Å²) in [5.74, 6) is -0.0585. The van der Waals surface area contributed by atoms with Gasteiger partial charge in [0.05, 0.1) is 11.7 Å². The Kier molecular flexibility index (Phi) is 8.19. The Hall–Kier alpha value is -3.77. The highest BCUT2D eigenvalue weighted by Crippen LogP contribution is 2.32. The molecule has 1 amide bonds. The van der Waals surface area contributed by atoms with Crippen LogP contribution in [0.3, 0.4) is 0 Å². The second-order valence-electron chi connectivity index (χ2n) is 10.0. The molecule has 0 saturated carbocycles. The van der Waals surface area contributed by atoms with E-state index in [2.05, 4.69) is 13.8 Å². The molecule has 0 aliphatic rings. The van der Waals surface area contributed by atoms with Crippen molar-refractivity contribution in [1.82, 2.24) is 14.3 Å². The predicted molar refractivity (Wildman–Crippen MR) is 149 cm³/mol. The van der Waals surface area contributed by atoms with Crippen LogP contribution in [-0.4, -0.2) is 33.3 Å². The number of carbonyl (C=O) groups is 1. The van der Waals surface area contributed by atoms with Crippen molar-refractivity contribution in [3.63, 3.8) is 0 Å². The number of hydrogen-bond donors (Lipinski definition) is 1. The van der Waals surface area contributed by atoms with Crippen LogP contribution >= 0.6 is 0 Å². The number of hydrogen-bond acceptors (Lipinski definition) is 4. The summed E-state index contributed by atoms with van der Waals surface area (Å²) in [6.07, 6.45) is 2.84. The normalized spacial score (nSPS) is 12.2. The van der Waals surface area contributed by atoms with E-state index in [0.29, 0.717) is 48.4 Å². The Bertz CT molecular complexity index is 1440. The van der Waals surface area contributed by atoms with Gasteiger partial charge in [-0.1, -0.05) is 56.3 Å². The fraction of sp³-hybridized carbons (Fsp3) is 0.323. The lowest BCUT2D eigenvalue weighted by molar-refractivity contribution is 0.0614. The third-order valence-corrected chi connectivity index (χ3v) is 6.95. The standard InChI is InChI=1S/C31H36N4O2/c1-21(2)29(35(18-10-16-32)30(36)25-15-14-22(3)23(4)19-25)28-26(20-24-11-6-5-7-12-24)31(37)34-17-9-8-13-27(34)33-28/h5-9,11-15,17,19,21,29H,10,16,18,20,32H2,1-4H3. The van der Waals surface area contributed by atoms with E-state index in [-0.39, 0.29) is 17.4 Å². The van der Waals surface area contributed by atoms with Crippen LogP contribution in [-0.2, 0) is 6.42 Å². The maximum atomic E-state index is 14.0. The van der Waals surface area contributed by atoms with Crippen molar-refractivity contribution in [3.05, 3.63) is 117 Å². The number of nitrogens with two attached hydrogens (primary N) is 1. The lowest BCUT2D eigenvalue weighted by Gasteiger charge is -2.35. The van der Waals surface area contributed by atoms with Crippen LogP contribution in [0.15, 0.2) is 77.7 Å². The smallest absolute Gasteiger partial charge is 0.261 e. The van der Waals surface area contributed by atoms with Crippen LogP contribution in [0.1, 0.15) is 64.6 Å². The first-order valence-electron chi connectivity index (χ1n) is 12.9. The molecular weight excluding hydrogens is 460 g/mol. The number of rotatable bonds is 9. The largest absolute Gasteiger partial charge is 0.330 e. The Morgan fingerprint density at radius 2 is 1.73 bits per heavy atom. The highest BCUT2D eigenvalue weighted by Gasteiger charge is 2.33. The zero-order chi connectivity index (χ0) is 26.5. The van der Waals surface area contributed by atoms with Crippen molar-refractivity contribution < 1.29 is 4.79 Å². The van der Waals surface area contributed by atoms with Crippen LogP contribution in [0.2, 0.25) is 0 Å². The molecule has 192 valence electrons. The van der Waals surface area contributed by atoms with Gasteiger partial charge in [0.2, 0.25) is 0 Å². The number of amides is 1. The predicted octanol–water partition coefficient (Wildman–Crippen LogP) is 5.09. The van der Waals surface area contributed by atoms with E-state index >= 15 is 0 Å². The van der Waals surface area contributed by atoms with E-state index in [9.17, 15) is 9.59 Å². The first-order chi connectivity index (χ1) is 17.8. The zero-order valence-corrected chi connectivity index (χ0v) is 22.1. The number of carbonyl (C=O) groups excluding carboxylic acids is 1. The van der Waals surface area contributed by atoms with E-state index in [1.54, 1.807) is 10.6 Å². The van der Waals surface area contributed by atoms with E-state index in [1.165, 1.54) is 0 Å². The van der Waals surface area contributed by atoms with E-state index < -0.39 is 6.04 Å². The molecule has 1 atom stereocenters. The molecule has 0 spiro atoms. The van der Waals surface area contributed by atoms with Gasteiger partial charge < -0.3 is 10.6 Å². The van der Waals surface area contributed by atoms with Crippen molar-refractivity contribution in [3.8, 4) is 0 Å². The lowest BCUT2D eigenvalue weighted by Crippen LogP contribution is -2.41. The molecule has 2 heterocycles. The summed E-state index contributed by atoms with van der Waals surface area (Å²) in [4.78, 5) is 34.8. The van der Waals surface area contributed by atoms with E-state index in [4.69, 9.17) is 10.7 Å². The van der Waals surface area contributed by atoms with Crippen LogP contribution in [0.5, 0.6) is 0 Å². The molecule has 6 nitrogen and oxygen atoms in total. The molecule has 0 radical (unpaired) electrons. The molecule has 0 aliphatic carbocycles. The maximum Gasteiger partial charge on any atom is 0.261 e. The second-order valence-corrected chi connectivity index (χ2v) is 10.0. The summed E-state index contributed by atoms with van der Waals surface area (Å²) in [5.41, 5.74) is 11.5. The Morgan fingerprint density at radius 1 is 1.00 bits per heavy atom. The molecule has 4 aromatic rings. The fourth-order valence-corrected chi connectivity index (χ4v) is 4.85. The van der Waals surface area contributed by atoms with E-state index in [0.717, 1.165) is 16.7 Å². The van der Waals surface area contributed by atoms with Gasteiger partial charge in [-0.05, 0) is 73.7 Å². The number of nitrogens with zero attached hydrogens (tertiary/aromatic N) is 3. The molecule has 1 unspecified atom stereocenters. The van der Waals surface area contributed by atoms with Gasteiger partial charge in [0.15, 0.2) is 0 Å². The van der Waals surface area contributed by atoms with Gasteiger partial charge >= 0.3 is 0 Å². The third kappa shape index (κ3) is 5.65. The molecule has 4 rings (SSSR count). The Balaban J connectivity index is 1.91.